The van der Waals surface area contributed by atoms with E-state index < -0.39 is 148 Å². The molecule has 0 aromatic carbocycles. The molecule has 21 nitrogen and oxygen atoms in total. The number of hydrogen-bond acceptors (Lipinski definition) is 21. The molecule has 376 valence electrons. The average Bonchev–Trinajstić information content (AvgIpc) is 3.28. The summed E-state index contributed by atoms with van der Waals surface area (Å²) in [5.74, 6) is 0. The third-order valence-corrected chi connectivity index (χ3v) is 12.4. The molecule has 0 bridgehead atoms. The van der Waals surface area contributed by atoms with Gasteiger partial charge in [0.1, 0.15) is 91.6 Å². The first-order chi connectivity index (χ1) is 30.7. The van der Waals surface area contributed by atoms with Crippen LogP contribution in [-0.4, -0.2) is 221 Å². The summed E-state index contributed by atoms with van der Waals surface area (Å²) < 4.78 is 45.8. The predicted octanol–water partition coefficient (Wildman–Crippen LogP) is -2.58. The summed E-state index contributed by atoms with van der Waals surface area (Å²) in [6.45, 7) is 11.0. The fourth-order valence-corrected chi connectivity index (χ4v) is 7.92. The quantitative estimate of drug-likeness (QED) is 0.0496. The number of aliphatic hydroxyl groups is 13. The second kappa shape index (κ2) is 25.6. The highest BCUT2D eigenvalue weighted by molar-refractivity contribution is 5.08. The third-order valence-electron chi connectivity index (χ3n) is 12.4. The summed E-state index contributed by atoms with van der Waals surface area (Å²) in [4.78, 5) is 0. The molecule has 4 rings (SSSR count). The number of ether oxygens (including phenoxy) is 8. The van der Waals surface area contributed by atoms with Crippen molar-refractivity contribution in [3.05, 3.63) is 47.6 Å². The molecule has 21 heteroatoms. The molecule has 13 N–H and O–H groups in total. The molecular formula is C44H74O21. The molecule has 0 amide bonds. The van der Waals surface area contributed by atoms with Crippen LogP contribution in [0.15, 0.2) is 47.6 Å². The molecule has 0 aromatic heterocycles. The van der Waals surface area contributed by atoms with Crippen molar-refractivity contribution in [1.29, 1.82) is 0 Å². The minimum atomic E-state index is -1.77. The van der Waals surface area contributed by atoms with E-state index in [1.165, 1.54) is 6.92 Å². The molecule has 4 saturated heterocycles. The molecule has 0 aromatic rings. The van der Waals surface area contributed by atoms with Crippen molar-refractivity contribution in [1.82, 2.24) is 0 Å². The number of hydrogen-bond donors (Lipinski definition) is 13. The van der Waals surface area contributed by atoms with Crippen LogP contribution in [0, 0.1) is 0 Å². The standard InChI is InChI=1S/C44H74O21/c1-7-44(6,65-42-37(57)34(54)38(27(19-47)62-42)63-40-35(55)31(51)28(48)24(5)59-40)16-10-15-22(3)12-8-11-21(2)13-9-14-23(4)20-58-43-39(33(53)30(50)26(18-46)61-43)64-41-36(56)32(52)29(49)25(17-45)60-41/h7,11,14-15,24-43,45-57H,1,8-10,12-13,16-20H2,2-6H3/b21-11+,22-15+,23-14-/t24-,25+,26+,27+,28-,29+,30+,31+,32-,33-,34+,35+,36+,37+,38+,39+,40-,41-,42-,43+,44+/m0/s1. The molecule has 65 heavy (non-hydrogen) atoms. The maximum absolute atomic E-state index is 11.0. The van der Waals surface area contributed by atoms with Gasteiger partial charge in [0.25, 0.3) is 0 Å². The van der Waals surface area contributed by atoms with Gasteiger partial charge in [0, 0.05) is 0 Å². The second-order valence-electron chi connectivity index (χ2n) is 17.7. The number of rotatable bonds is 22. The van der Waals surface area contributed by atoms with Crippen LogP contribution in [0.2, 0.25) is 0 Å². The maximum Gasteiger partial charge on any atom is 0.187 e. The van der Waals surface area contributed by atoms with Crippen molar-refractivity contribution in [2.24, 2.45) is 0 Å². The zero-order valence-electron chi connectivity index (χ0n) is 37.7. The SMILES string of the molecule is C=C[C@](C)(CC/C=C(\C)CC/C=C(\C)CC/C=C(/C)CO[C@@H]1O[C@H](CO)[C@@H](O)[C@H](O)[C@H]1O[C@@H]1O[C@H](CO)[C@@H](O)[C@H](O)[C@H]1O)O[C@@H]1O[C@H](CO)[C@@H](O[C@@H]2O[C@@H](C)[C@H](O)[C@@H](O)[C@H]2O)[C@H](O)[C@H]1O. The predicted molar refractivity (Wildman–Crippen MR) is 226 cm³/mol. The highest BCUT2D eigenvalue weighted by Crippen LogP contribution is 2.34. The van der Waals surface area contributed by atoms with E-state index in [9.17, 15) is 66.4 Å². The van der Waals surface area contributed by atoms with Crippen LogP contribution in [0.25, 0.3) is 0 Å². The van der Waals surface area contributed by atoms with Crippen molar-refractivity contribution in [3.63, 3.8) is 0 Å². The van der Waals surface area contributed by atoms with E-state index >= 15 is 0 Å². The molecule has 21 atom stereocenters. The van der Waals surface area contributed by atoms with Gasteiger partial charge in [-0.15, -0.1) is 6.58 Å². The smallest absolute Gasteiger partial charge is 0.187 e. The van der Waals surface area contributed by atoms with Gasteiger partial charge >= 0.3 is 0 Å². The first-order valence-electron chi connectivity index (χ1n) is 22.2. The average molecular weight is 939 g/mol. The highest BCUT2D eigenvalue weighted by Gasteiger charge is 2.53. The Bertz CT molecular complexity index is 1540. The Morgan fingerprint density at radius 3 is 1.54 bits per heavy atom. The molecule has 4 aliphatic rings. The molecule has 4 aliphatic heterocycles. The largest absolute Gasteiger partial charge is 0.394 e. The summed E-state index contributed by atoms with van der Waals surface area (Å²) >= 11 is 0. The van der Waals surface area contributed by atoms with Gasteiger partial charge in [-0.25, -0.2) is 0 Å². The zero-order chi connectivity index (χ0) is 48.3. The van der Waals surface area contributed by atoms with E-state index in [0.29, 0.717) is 19.3 Å². The van der Waals surface area contributed by atoms with Gasteiger partial charge in [-0.05, 0) is 73.1 Å². The van der Waals surface area contributed by atoms with E-state index in [1.807, 2.05) is 26.8 Å². The van der Waals surface area contributed by atoms with Gasteiger partial charge in [0.15, 0.2) is 25.2 Å². The lowest BCUT2D eigenvalue weighted by molar-refractivity contribution is -0.366. The lowest BCUT2D eigenvalue weighted by atomic mass is 9.95. The maximum atomic E-state index is 11.0. The van der Waals surface area contributed by atoms with E-state index in [-0.39, 0.29) is 6.61 Å². The minimum Gasteiger partial charge on any atom is -0.394 e. The Hall–Kier alpha value is -1.88. The number of allylic oxidation sites excluding steroid dienone is 5. The minimum absolute atomic E-state index is 0.0125. The summed E-state index contributed by atoms with van der Waals surface area (Å²) in [6, 6.07) is 0. The Morgan fingerprint density at radius 1 is 0.523 bits per heavy atom. The van der Waals surface area contributed by atoms with Gasteiger partial charge in [0.05, 0.1) is 38.1 Å². The van der Waals surface area contributed by atoms with Gasteiger partial charge in [0.2, 0.25) is 0 Å². The first-order valence-corrected chi connectivity index (χ1v) is 22.2. The Balaban J connectivity index is 1.22. The van der Waals surface area contributed by atoms with Crippen LogP contribution in [0.4, 0.5) is 0 Å². The van der Waals surface area contributed by atoms with E-state index in [1.54, 1.807) is 13.0 Å². The van der Waals surface area contributed by atoms with Gasteiger partial charge < -0.3 is 104 Å². The first kappa shape index (κ1) is 55.7. The van der Waals surface area contributed by atoms with Crippen LogP contribution in [0.1, 0.15) is 73.1 Å². The Morgan fingerprint density at radius 2 is 0.969 bits per heavy atom. The van der Waals surface area contributed by atoms with Gasteiger partial charge in [-0.1, -0.05) is 41.0 Å². The van der Waals surface area contributed by atoms with Crippen LogP contribution in [-0.2, 0) is 37.9 Å². The van der Waals surface area contributed by atoms with Crippen molar-refractivity contribution >= 4 is 0 Å². The normalized spacial score (nSPS) is 42.2. The lowest BCUT2D eigenvalue weighted by Gasteiger charge is -2.47. The topological polar surface area (TPSA) is 337 Å². The van der Waals surface area contributed by atoms with Gasteiger partial charge in [-0.2, -0.15) is 0 Å². The molecule has 0 unspecified atom stereocenters. The summed E-state index contributed by atoms with van der Waals surface area (Å²) in [7, 11) is 0. The fourth-order valence-electron chi connectivity index (χ4n) is 7.92. The molecule has 4 heterocycles. The van der Waals surface area contributed by atoms with Crippen molar-refractivity contribution < 1.29 is 104 Å². The highest BCUT2D eigenvalue weighted by atomic mass is 16.8. The van der Waals surface area contributed by atoms with E-state index in [0.717, 1.165) is 36.0 Å². The monoisotopic (exact) mass is 938 g/mol. The van der Waals surface area contributed by atoms with E-state index in [2.05, 4.69) is 18.7 Å². The molecular weight excluding hydrogens is 864 g/mol. The number of aliphatic hydroxyl groups excluding tert-OH is 13. The van der Waals surface area contributed by atoms with E-state index in [4.69, 9.17) is 37.9 Å². The van der Waals surface area contributed by atoms with Crippen molar-refractivity contribution in [2.75, 3.05) is 26.4 Å². The fraction of sp³-hybridized carbons (Fsp3) is 0.818. The Kier molecular flexibility index (Phi) is 22.0. The molecule has 0 spiro atoms. The van der Waals surface area contributed by atoms with Crippen LogP contribution in [0.3, 0.4) is 0 Å². The summed E-state index contributed by atoms with van der Waals surface area (Å²) in [5.41, 5.74) is 2.09. The Labute approximate surface area is 379 Å². The summed E-state index contributed by atoms with van der Waals surface area (Å²) in [5, 5.41) is 134. The van der Waals surface area contributed by atoms with Crippen molar-refractivity contribution in [3.8, 4) is 0 Å². The van der Waals surface area contributed by atoms with Crippen LogP contribution >= 0.6 is 0 Å². The lowest BCUT2D eigenvalue weighted by Crippen LogP contribution is -2.64. The van der Waals surface area contributed by atoms with Gasteiger partial charge in [-0.3, -0.25) is 0 Å². The zero-order valence-corrected chi connectivity index (χ0v) is 37.7. The van der Waals surface area contributed by atoms with Crippen molar-refractivity contribution in [2.45, 2.75) is 202 Å². The van der Waals surface area contributed by atoms with Crippen LogP contribution in [0.5, 0.6) is 0 Å². The third kappa shape index (κ3) is 14.6. The molecule has 0 aliphatic carbocycles. The molecule has 4 fully saturated rings. The summed E-state index contributed by atoms with van der Waals surface area (Å²) in [6.07, 6.45) is -17.8. The second-order valence-corrected chi connectivity index (χ2v) is 17.7. The molecule has 0 saturated carbocycles. The van der Waals surface area contributed by atoms with Crippen LogP contribution < -0.4 is 0 Å². The molecule has 0 radical (unpaired) electrons.